The number of hydrogen-bond donors (Lipinski definition) is 1. The van der Waals surface area contributed by atoms with Crippen LogP contribution < -0.4 is 14.4 Å². The van der Waals surface area contributed by atoms with Crippen LogP contribution in [-0.2, 0) is 22.4 Å². The molecule has 3 aromatic carbocycles. The number of carbonyl (C=O) groups is 2. The molecule has 0 radical (unpaired) electrons. The van der Waals surface area contributed by atoms with Crippen molar-refractivity contribution < 1.29 is 33.6 Å². The van der Waals surface area contributed by atoms with Crippen LogP contribution in [-0.4, -0.2) is 67.0 Å². The van der Waals surface area contributed by atoms with Gasteiger partial charge in [0.05, 0.1) is 53.7 Å². The molecule has 11 nitrogen and oxygen atoms in total. The van der Waals surface area contributed by atoms with Gasteiger partial charge in [0.2, 0.25) is 0 Å². The minimum atomic E-state index is -0.814. The molecule has 4 heterocycles. The van der Waals surface area contributed by atoms with Crippen LogP contribution in [0.2, 0.25) is 10.0 Å². The van der Waals surface area contributed by atoms with Gasteiger partial charge in [0, 0.05) is 31.4 Å². The lowest BCUT2D eigenvalue weighted by atomic mass is 9.86. The number of pyridine rings is 1. The molecule has 1 amide bonds. The predicted molar refractivity (Wildman–Crippen MR) is 191 cm³/mol. The van der Waals surface area contributed by atoms with Crippen LogP contribution >= 0.6 is 23.2 Å². The number of anilines is 1. The molecule has 3 saturated heterocycles. The number of rotatable bonds is 11. The molecular weight excluding hydrogens is 695 g/mol. The van der Waals surface area contributed by atoms with Crippen molar-refractivity contribution >= 4 is 41.0 Å². The molecule has 3 fully saturated rings. The number of phenols is 1. The van der Waals surface area contributed by atoms with Gasteiger partial charge in [-0.05, 0) is 84.9 Å². The van der Waals surface area contributed by atoms with E-state index in [1.807, 2.05) is 6.07 Å². The Bertz CT molecular complexity index is 1920. The second-order valence-corrected chi connectivity index (χ2v) is 13.3. The molecule has 3 aliphatic heterocycles. The highest BCUT2D eigenvalue weighted by Gasteiger charge is 2.37. The van der Waals surface area contributed by atoms with Gasteiger partial charge in [-0.3, -0.25) is 14.8 Å². The standard InChI is InChI=1S/C38H36Cl2N4O7/c1-48-33-8-7-27(15-35(33)49-2)34(17-30-31(39)19-42-20-32(30)40)50-37(46)26-5-3-23(4-6-26)21-44(28-13-24(18-41)14-29(45)16-28)38(47)51-36-22-43-11-9-25(36)10-12-43/h3-8,13-16,19-20,25,34,36,45H,9-12,17,21-22H2,1-2H3/t34-,36-/m0/s1. The molecule has 1 N–H and O–H groups in total. The zero-order valence-electron chi connectivity index (χ0n) is 28.1. The molecule has 4 aromatic rings. The van der Waals surface area contributed by atoms with Crippen molar-refractivity contribution in [3.63, 3.8) is 0 Å². The summed E-state index contributed by atoms with van der Waals surface area (Å²) in [5.41, 5.74) is 2.64. The first-order valence-corrected chi connectivity index (χ1v) is 17.2. The second kappa shape index (κ2) is 15.9. The van der Waals surface area contributed by atoms with Crippen molar-refractivity contribution in [2.75, 3.05) is 38.8 Å². The number of nitrogens with zero attached hydrogens (tertiary/aromatic N) is 4. The number of methoxy groups -OCH3 is 2. The third kappa shape index (κ3) is 8.31. The van der Waals surface area contributed by atoms with Crippen LogP contribution in [0, 0.1) is 17.2 Å². The molecule has 2 bridgehead atoms. The minimum absolute atomic E-state index is 0.0525. The number of hydrogen-bond acceptors (Lipinski definition) is 10. The number of carbonyl (C=O) groups excluding carboxylic acids is 2. The van der Waals surface area contributed by atoms with Gasteiger partial charge in [-0.2, -0.15) is 5.26 Å². The van der Waals surface area contributed by atoms with Gasteiger partial charge in [-0.25, -0.2) is 9.59 Å². The van der Waals surface area contributed by atoms with Gasteiger partial charge < -0.3 is 24.1 Å². The van der Waals surface area contributed by atoms with E-state index in [1.54, 1.807) is 42.5 Å². The molecule has 7 rings (SSSR count). The van der Waals surface area contributed by atoms with E-state index in [0.717, 1.165) is 25.9 Å². The highest BCUT2D eigenvalue weighted by Crippen LogP contribution is 2.36. The molecule has 51 heavy (non-hydrogen) atoms. The number of aromatic nitrogens is 1. The Balaban J connectivity index is 1.23. The van der Waals surface area contributed by atoms with Crippen LogP contribution in [0.25, 0.3) is 0 Å². The van der Waals surface area contributed by atoms with Crippen LogP contribution in [0.5, 0.6) is 17.2 Å². The maximum atomic E-state index is 13.7. The smallest absolute Gasteiger partial charge is 0.414 e. The quantitative estimate of drug-likeness (QED) is 0.156. The first kappa shape index (κ1) is 35.8. The topological polar surface area (TPSA) is 134 Å². The second-order valence-electron chi connectivity index (χ2n) is 12.5. The molecule has 3 aliphatic rings. The molecule has 2 atom stereocenters. The van der Waals surface area contributed by atoms with Gasteiger partial charge in [-0.15, -0.1) is 0 Å². The Labute approximate surface area is 305 Å². The molecule has 1 aromatic heterocycles. The van der Waals surface area contributed by atoms with E-state index in [9.17, 15) is 20.0 Å². The minimum Gasteiger partial charge on any atom is -0.508 e. The van der Waals surface area contributed by atoms with Crippen LogP contribution in [0.15, 0.2) is 73.1 Å². The van der Waals surface area contributed by atoms with Gasteiger partial charge >= 0.3 is 12.1 Å². The third-order valence-electron chi connectivity index (χ3n) is 9.31. The van der Waals surface area contributed by atoms with Crippen LogP contribution in [0.3, 0.4) is 0 Å². The first-order valence-electron chi connectivity index (χ1n) is 16.4. The fourth-order valence-corrected chi connectivity index (χ4v) is 7.06. The summed E-state index contributed by atoms with van der Waals surface area (Å²) in [6.45, 7) is 2.72. The highest BCUT2D eigenvalue weighted by atomic mass is 35.5. The summed E-state index contributed by atoms with van der Waals surface area (Å²) in [6, 6.07) is 18.1. The Hall–Kier alpha value is -5.02. The van der Waals surface area contributed by atoms with Crippen LogP contribution in [0.4, 0.5) is 10.5 Å². The van der Waals surface area contributed by atoms with E-state index in [-0.39, 0.29) is 35.9 Å². The average Bonchev–Trinajstić information content (AvgIpc) is 3.14. The van der Waals surface area contributed by atoms with Gasteiger partial charge in [0.1, 0.15) is 18.0 Å². The Morgan fingerprint density at radius 1 is 1.00 bits per heavy atom. The number of phenolic OH excluding ortho intramolecular Hbond substituents is 1. The monoisotopic (exact) mass is 730 g/mol. The first-order chi connectivity index (χ1) is 24.6. The summed E-state index contributed by atoms with van der Waals surface area (Å²) >= 11 is 12.9. The summed E-state index contributed by atoms with van der Waals surface area (Å²) in [7, 11) is 3.05. The van der Waals surface area contributed by atoms with E-state index in [1.165, 1.54) is 49.7 Å². The molecule has 13 heteroatoms. The number of esters is 1. The Kier molecular flexibility index (Phi) is 11.2. The Morgan fingerprint density at radius 3 is 2.33 bits per heavy atom. The largest absolute Gasteiger partial charge is 0.508 e. The summed E-state index contributed by atoms with van der Waals surface area (Å²) in [5, 5.41) is 20.5. The van der Waals surface area contributed by atoms with Crippen molar-refractivity contribution in [2.24, 2.45) is 5.92 Å². The van der Waals surface area contributed by atoms with Crippen molar-refractivity contribution in [3.8, 4) is 23.3 Å². The molecular formula is C38H36Cl2N4O7. The maximum Gasteiger partial charge on any atom is 0.414 e. The number of amides is 1. The maximum absolute atomic E-state index is 13.7. The van der Waals surface area contributed by atoms with Gasteiger partial charge in [0.15, 0.2) is 11.5 Å². The summed E-state index contributed by atoms with van der Waals surface area (Å²) in [6.07, 6.45) is 3.40. The van der Waals surface area contributed by atoms with Gasteiger partial charge in [0.25, 0.3) is 0 Å². The van der Waals surface area contributed by atoms with E-state index in [0.29, 0.717) is 56.4 Å². The number of fused-ring (bicyclic) bond motifs is 3. The van der Waals surface area contributed by atoms with E-state index in [4.69, 9.17) is 42.1 Å². The lowest BCUT2D eigenvalue weighted by Gasteiger charge is -2.44. The van der Waals surface area contributed by atoms with Crippen molar-refractivity contribution in [3.05, 3.63) is 111 Å². The predicted octanol–water partition coefficient (Wildman–Crippen LogP) is 7.36. The lowest BCUT2D eigenvalue weighted by Crippen LogP contribution is -2.53. The number of benzene rings is 3. The SMILES string of the molecule is COc1ccc([C@H](Cc2c(Cl)cncc2Cl)OC(=O)c2ccc(CN(C(=O)O[C@H]3CN4CCC3CC4)c3cc(O)cc(C#N)c3)cc2)cc1OC. The number of halogens is 2. The van der Waals surface area contributed by atoms with E-state index < -0.39 is 18.2 Å². The van der Waals surface area contributed by atoms with Crippen molar-refractivity contribution in [2.45, 2.75) is 38.0 Å². The molecule has 264 valence electrons. The number of piperidine rings is 3. The highest BCUT2D eigenvalue weighted by molar-refractivity contribution is 6.35. The van der Waals surface area contributed by atoms with Crippen molar-refractivity contribution in [1.82, 2.24) is 9.88 Å². The van der Waals surface area contributed by atoms with Crippen molar-refractivity contribution in [1.29, 1.82) is 5.26 Å². The van der Waals surface area contributed by atoms with E-state index in [2.05, 4.69) is 9.88 Å². The number of nitriles is 1. The average molecular weight is 732 g/mol. The Morgan fingerprint density at radius 2 is 1.71 bits per heavy atom. The molecule has 0 spiro atoms. The third-order valence-corrected chi connectivity index (χ3v) is 9.96. The number of ether oxygens (including phenoxy) is 4. The zero-order chi connectivity index (χ0) is 36.1. The van der Waals surface area contributed by atoms with E-state index >= 15 is 0 Å². The molecule has 0 aliphatic carbocycles. The number of aromatic hydroxyl groups is 1. The lowest BCUT2D eigenvalue weighted by molar-refractivity contribution is -0.0311. The normalized spacial score (nSPS) is 18.3. The zero-order valence-corrected chi connectivity index (χ0v) is 29.6. The molecule has 0 unspecified atom stereocenters. The fraction of sp³-hybridized carbons (Fsp3) is 0.316. The summed E-state index contributed by atoms with van der Waals surface area (Å²) in [5.74, 6) is 0.503. The fourth-order valence-electron chi connectivity index (χ4n) is 6.54. The van der Waals surface area contributed by atoms with Crippen LogP contribution in [0.1, 0.15) is 51.6 Å². The molecule has 0 saturated carbocycles. The summed E-state index contributed by atoms with van der Waals surface area (Å²) in [4.78, 5) is 35.0. The van der Waals surface area contributed by atoms with Gasteiger partial charge in [-0.1, -0.05) is 41.4 Å². The summed E-state index contributed by atoms with van der Waals surface area (Å²) < 4.78 is 23.0.